The molecule has 38 heavy (non-hydrogen) atoms. The van der Waals surface area contributed by atoms with Gasteiger partial charge in [-0.05, 0) is 69.2 Å². The molecule has 0 aromatic heterocycles. The van der Waals surface area contributed by atoms with Crippen molar-refractivity contribution in [1.82, 2.24) is 10.2 Å². The topological polar surface area (TPSA) is 86.8 Å². The molecule has 7 nitrogen and oxygen atoms in total. The average molecular weight is 601 g/mol. The first-order chi connectivity index (χ1) is 17.9. The fourth-order valence-corrected chi connectivity index (χ4v) is 5.71. The Balaban J connectivity index is 2.04. The fourth-order valence-electron chi connectivity index (χ4n) is 4.01. The second kappa shape index (κ2) is 12.6. The van der Waals surface area contributed by atoms with Crippen LogP contribution in [0.25, 0.3) is 0 Å². The molecule has 0 bridgehead atoms. The SMILES string of the molecule is CC[C@H](C(=O)NC(C)(C)C)N(Cc1ccccc1)C(=O)CN(c1ccc(Br)cc1)S(=O)(=O)c1ccccc1. The van der Waals surface area contributed by atoms with Crippen LogP contribution < -0.4 is 9.62 Å². The molecule has 0 aliphatic carbocycles. The smallest absolute Gasteiger partial charge is 0.264 e. The highest BCUT2D eigenvalue weighted by atomic mass is 79.9. The predicted octanol–water partition coefficient (Wildman–Crippen LogP) is 5.37. The maximum Gasteiger partial charge on any atom is 0.264 e. The van der Waals surface area contributed by atoms with Crippen LogP contribution in [0.15, 0.2) is 94.3 Å². The number of nitrogens with one attached hydrogen (secondary N) is 1. The predicted molar refractivity (Wildman–Crippen MR) is 154 cm³/mol. The van der Waals surface area contributed by atoms with Gasteiger partial charge in [-0.1, -0.05) is 71.4 Å². The van der Waals surface area contributed by atoms with E-state index < -0.39 is 34.1 Å². The van der Waals surface area contributed by atoms with Crippen molar-refractivity contribution in [1.29, 1.82) is 0 Å². The Morgan fingerprint density at radius 2 is 1.45 bits per heavy atom. The molecule has 2 amide bonds. The number of hydrogen-bond donors (Lipinski definition) is 1. The van der Waals surface area contributed by atoms with Gasteiger partial charge < -0.3 is 10.2 Å². The van der Waals surface area contributed by atoms with E-state index >= 15 is 0 Å². The highest BCUT2D eigenvalue weighted by Gasteiger charge is 2.34. The Bertz CT molecular complexity index is 1330. The number of rotatable bonds is 10. The van der Waals surface area contributed by atoms with Crippen molar-refractivity contribution in [2.24, 2.45) is 0 Å². The first kappa shape index (κ1) is 29.4. The third-order valence-corrected chi connectivity index (χ3v) is 8.12. The molecule has 202 valence electrons. The minimum Gasteiger partial charge on any atom is -0.350 e. The van der Waals surface area contributed by atoms with E-state index in [1.165, 1.54) is 17.0 Å². The lowest BCUT2D eigenvalue weighted by Gasteiger charge is -2.34. The Morgan fingerprint density at radius 3 is 1.97 bits per heavy atom. The summed E-state index contributed by atoms with van der Waals surface area (Å²) in [7, 11) is -4.08. The van der Waals surface area contributed by atoms with Gasteiger partial charge in [-0.3, -0.25) is 13.9 Å². The summed E-state index contributed by atoms with van der Waals surface area (Å²) >= 11 is 3.38. The van der Waals surface area contributed by atoms with Gasteiger partial charge >= 0.3 is 0 Å². The third kappa shape index (κ3) is 7.68. The number of carbonyl (C=O) groups excluding carboxylic acids is 2. The van der Waals surface area contributed by atoms with Crippen molar-refractivity contribution in [3.8, 4) is 0 Å². The third-order valence-electron chi connectivity index (χ3n) is 5.80. The van der Waals surface area contributed by atoms with Crippen LogP contribution in [-0.2, 0) is 26.2 Å². The van der Waals surface area contributed by atoms with Crippen LogP contribution in [0.3, 0.4) is 0 Å². The van der Waals surface area contributed by atoms with Crippen LogP contribution in [0.1, 0.15) is 39.7 Å². The summed E-state index contributed by atoms with van der Waals surface area (Å²) in [6.07, 6.45) is 0.365. The minimum absolute atomic E-state index is 0.0721. The molecule has 3 aromatic carbocycles. The van der Waals surface area contributed by atoms with Crippen molar-refractivity contribution in [3.63, 3.8) is 0 Å². The number of sulfonamides is 1. The molecule has 1 N–H and O–H groups in total. The number of benzene rings is 3. The van der Waals surface area contributed by atoms with E-state index in [-0.39, 0.29) is 17.3 Å². The van der Waals surface area contributed by atoms with Crippen molar-refractivity contribution >= 4 is 43.5 Å². The summed E-state index contributed by atoms with van der Waals surface area (Å²) in [6.45, 7) is 7.17. The van der Waals surface area contributed by atoms with Crippen LogP contribution in [0, 0.1) is 0 Å². The lowest BCUT2D eigenvalue weighted by molar-refractivity contribution is -0.141. The lowest BCUT2D eigenvalue weighted by Crippen LogP contribution is -2.55. The standard InChI is InChI=1S/C29H34BrN3O4S/c1-5-26(28(35)31-29(2,3)4)32(20-22-12-8-6-9-13-22)27(34)21-33(24-18-16-23(30)17-19-24)38(36,37)25-14-10-7-11-15-25/h6-19,26H,5,20-21H2,1-4H3,(H,31,35)/t26-/m1/s1. The average Bonchev–Trinajstić information content (AvgIpc) is 2.87. The van der Waals surface area contributed by atoms with Gasteiger partial charge in [0.05, 0.1) is 10.6 Å². The summed E-state index contributed by atoms with van der Waals surface area (Å²) in [4.78, 5) is 28.8. The monoisotopic (exact) mass is 599 g/mol. The van der Waals surface area contributed by atoms with E-state index in [0.717, 1.165) is 14.3 Å². The molecule has 0 saturated heterocycles. The van der Waals surface area contributed by atoms with Crippen molar-refractivity contribution in [2.75, 3.05) is 10.8 Å². The van der Waals surface area contributed by atoms with E-state index in [2.05, 4.69) is 21.2 Å². The summed E-state index contributed by atoms with van der Waals surface area (Å²) < 4.78 is 29.4. The van der Waals surface area contributed by atoms with Gasteiger partial charge in [-0.2, -0.15) is 0 Å². The molecule has 3 aromatic rings. The van der Waals surface area contributed by atoms with Gasteiger partial charge in [-0.15, -0.1) is 0 Å². The molecular weight excluding hydrogens is 566 g/mol. The molecule has 0 heterocycles. The molecule has 0 aliphatic heterocycles. The van der Waals surface area contributed by atoms with E-state index in [1.807, 2.05) is 58.0 Å². The molecule has 0 fully saturated rings. The number of amides is 2. The zero-order valence-corrected chi connectivity index (χ0v) is 24.5. The molecule has 0 unspecified atom stereocenters. The molecule has 9 heteroatoms. The maximum absolute atomic E-state index is 14.0. The quantitative estimate of drug-likeness (QED) is 0.339. The van der Waals surface area contributed by atoms with Gasteiger partial charge in [0.2, 0.25) is 11.8 Å². The normalized spacial score (nSPS) is 12.4. The molecule has 0 radical (unpaired) electrons. The van der Waals surface area contributed by atoms with E-state index in [9.17, 15) is 18.0 Å². The Hall–Kier alpha value is -3.17. The van der Waals surface area contributed by atoms with Gasteiger partial charge in [0.15, 0.2) is 0 Å². The van der Waals surface area contributed by atoms with Gasteiger partial charge in [0, 0.05) is 16.6 Å². The molecule has 0 saturated carbocycles. The van der Waals surface area contributed by atoms with Crippen LogP contribution in [0.4, 0.5) is 5.69 Å². The zero-order chi connectivity index (χ0) is 27.9. The summed E-state index contributed by atoms with van der Waals surface area (Å²) in [5.41, 5.74) is 0.688. The minimum atomic E-state index is -4.08. The molecule has 0 spiro atoms. The fraction of sp³-hybridized carbons (Fsp3) is 0.310. The highest BCUT2D eigenvalue weighted by molar-refractivity contribution is 9.10. The first-order valence-corrected chi connectivity index (χ1v) is 14.6. The van der Waals surface area contributed by atoms with Crippen molar-refractivity contribution in [2.45, 2.75) is 57.1 Å². The number of hydrogen-bond acceptors (Lipinski definition) is 4. The molecule has 0 aliphatic rings. The van der Waals surface area contributed by atoms with Crippen LogP contribution in [-0.4, -0.2) is 43.3 Å². The largest absolute Gasteiger partial charge is 0.350 e. The summed E-state index contributed by atoms with van der Waals surface area (Å²) in [5, 5.41) is 2.97. The number of halogens is 1. The number of anilines is 1. The van der Waals surface area contributed by atoms with E-state index in [1.54, 1.807) is 42.5 Å². The van der Waals surface area contributed by atoms with Crippen LogP contribution >= 0.6 is 15.9 Å². The molecule has 3 rings (SSSR count). The van der Waals surface area contributed by atoms with Crippen molar-refractivity contribution in [3.05, 3.63) is 95.0 Å². The second-order valence-corrected chi connectivity index (χ2v) is 12.7. The Labute approximate surface area is 234 Å². The van der Waals surface area contributed by atoms with Crippen LogP contribution in [0.5, 0.6) is 0 Å². The van der Waals surface area contributed by atoms with Crippen LogP contribution in [0.2, 0.25) is 0 Å². The summed E-state index contributed by atoms with van der Waals surface area (Å²) in [6, 6.07) is 23.3. The number of carbonyl (C=O) groups is 2. The first-order valence-electron chi connectivity index (χ1n) is 12.4. The Kier molecular flexibility index (Phi) is 9.73. The van der Waals surface area contributed by atoms with Gasteiger partial charge in [-0.25, -0.2) is 8.42 Å². The molecular formula is C29H34BrN3O4S. The van der Waals surface area contributed by atoms with E-state index in [4.69, 9.17) is 0 Å². The van der Waals surface area contributed by atoms with Gasteiger partial charge in [0.1, 0.15) is 12.6 Å². The van der Waals surface area contributed by atoms with Crippen molar-refractivity contribution < 1.29 is 18.0 Å². The number of nitrogens with zero attached hydrogens (tertiary/aromatic N) is 2. The Morgan fingerprint density at radius 1 is 0.895 bits per heavy atom. The second-order valence-electron chi connectivity index (χ2n) is 9.97. The molecule has 1 atom stereocenters. The highest BCUT2D eigenvalue weighted by Crippen LogP contribution is 2.26. The van der Waals surface area contributed by atoms with Gasteiger partial charge in [0.25, 0.3) is 10.0 Å². The lowest BCUT2D eigenvalue weighted by atomic mass is 10.1. The van der Waals surface area contributed by atoms with E-state index in [0.29, 0.717) is 12.1 Å². The maximum atomic E-state index is 14.0. The summed E-state index contributed by atoms with van der Waals surface area (Å²) in [5.74, 6) is -0.766. The zero-order valence-electron chi connectivity index (χ0n) is 22.1.